The van der Waals surface area contributed by atoms with Crippen LogP contribution >= 0.6 is 11.8 Å². The van der Waals surface area contributed by atoms with Gasteiger partial charge < -0.3 is 18.9 Å². The number of amides is 1. The predicted molar refractivity (Wildman–Crippen MR) is 92.2 cm³/mol. The van der Waals surface area contributed by atoms with Crippen LogP contribution in [-0.4, -0.2) is 69.9 Å². The monoisotopic (exact) mass is 351 g/mol. The minimum absolute atomic E-state index is 0.0494. The standard InChI is InChI=1S/C17H25N3O3S/c1-19-7-15(18-12-19)16(21)20-10-17(11-20)6-14(9-24-17)23-8-13-2-4-22-5-3-13/h7,12-14H,2-6,8-11H2,1H3/t14-/m1/s1. The fourth-order valence-electron chi connectivity index (χ4n) is 3.79. The molecular weight excluding hydrogens is 326 g/mol. The summed E-state index contributed by atoms with van der Waals surface area (Å²) in [6.07, 6.45) is 7.11. The van der Waals surface area contributed by atoms with E-state index in [1.807, 2.05) is 28.3 Å². The fraction of sp³-hybridized carbons (Fsp3) is 0.765. The molecule has 3 fully saturated rings. The zero-order valence-corrected chi connectivity index (χ0v) is 15.0. The molecule has 0 N–H and O–H groups in total. The van der Waals surface area contributed by atoms with Crippen LogP contribution in [0.4, 0.5) is 0 Å². The van der Waals surface area contributed by atoms with E-state index in [9.17, 15) is 4.79 Å². The molecule has 3 aliphatic rings. The average molecular weight is 351 g/mol. The minimum atomic E-state index is 0.0494. The Labute approximate surface area is 146 Å². The first kappa shape index (κ1) is 16.4. The van der Waals surface area contributed by atoms with Crippen LogP contribution in [0.15, 0.2) is 12.5 Å². The summed E-state index contributed by atoms with van der Waals surface area (Å²) in [4.78, 5) is 18.5. The molecule has 0 bridgehead atoms. The average Bonchev–Trinajstić information content (AvgIpc) is 3.18. The van der Waals surface area contributed by atoms with E-state index in [1.54, 1.807) is 12.5 Å². The van der Waals surface area contributed by atoms with Crippen molar-refractivity contribution in [3.8, 4) is 0 Å². The first-order valence-electron chi connectivity index (χ1n) is 8.74. The number of rotatable bonds is 4. The Kier molecular flexibility index (Phi) is 4.58. The van der Waals surface area contributed by atoms with E-state index < -0.39 is 0 Å². The molecule has 1 spiro atoms. The zero-order chi connectivity index (χ0) is 16.6. The Balaban J connectivity index is 1.23. The van der Waals surface area contributed by atoms with Gasteiger partial charge in [-0.05, 0) is 25.2 Å². The molecule has 0 aromatic carbocycles. The van der Waals surface area contributed by atoms with Gasteiger partial charge in [-0.15, -0.1) is 11.8 Å². The van der Waals surface area contributed by atoms with Crippen molar-refractivity contribution >= 4 is 17.7 Å². The molecular formula is C17H25N3O3S. The van der Waals surface area contributed by atoms with Crippen LogP contribution in [-0.2, 0) is 16.5 Å². The van der Waals surface area contributed by atoms with Crippen molar-refractivity contribution < 1.29 is 14.3 Å². The molecule has 4 heterocycles. The number of carbonyl (C=O) groups is 1. The lowest BCUT2D eigenvalue weighted by Gasteiger charge is -2.47. The van der Waals surface area contributed by atoms with E-state index in [-0.39, 0.29) is 10.7 Å². The molecule has 7 heteroatoms. The number of thioether (sulfide) groups is 1. The van der Waals surface area contributed by atoms with E-state index in [0.29, 0.717) is 17.7 Å². The zero-order valence-electron chi connectivity index (χ0n) is 14.1. The predicted octanol–water partition coefficient (Wildman–Crippen LogP) is 1.56. The highest BCUT2D eigenvalue weighted by molar-refractivity contribution is 8.01. The van der Waals surface area contributed by atoms with Gasteiger partial charge in [0.2, 0.25) is 0 Å². The van der Waals surface area contributed by atoms with Gasteiger partial charge in [-0.25, -0.2) is 4.98 Å². The molecule has 1 atom stereocenters. The minimum Gasteiger partial charge on any atom is -0.381 e. The molecule has 0 unspecified atom stereocenters. The maximum Gasteiger partial charge on any atom is 0.274 e. The Morgan fingerprint density at radius 1 is 1.46 bits per heavy atom. The molecule has 24 heavy (non-hydrogen) atoms. The summed E-state index contributed by atoms with van der Waals surface area (Å²) in [6.45, 7) is 4.26. The lowest BCUT2D eigenvalue weighted by molar-refractivity contribution is -0.0119. The SMILES string of the molecule is Cn1cnc(C(=O)N2CC3(C[C@@H](OCC4CCOCC4)CS3)C2)c1. The number of hydrogen-bond acceptors (Lipinski definition) is 5. The van der Waals surface area contributed by atoms with E-state index in [4.69, 9.17) is 9.47 Å². The largest absolute Gasteiger partial charge is 0.381 e. The maximum atomic E-state index is 12.4. The Morgan fingerprint density at radius 2 is 2.25 bits per heavy atom. The van der Waals surface area contributed by atoms with Crippen LogP contribution in [0.25, 0.3) is 0 Å². The third-order valence-corrected chi connectivity index (χ3v) is 6.83. The summed E-state index contributed by atoms with van der Waals surface area (Å²) >= 11 is 1.98. The van der Waals surface area contributed by atoms with Crippen LogP contribution in [0.1, 0.15) is 29.8 Å². The van der Waals surface area contributed by atoms with Crippen molar-refractivity contribution in [3.05, 3.63) is 18.2 Å². The molecule has 3 saturated heterocycles. The van der Waals surface area contributed by atoms with Gasteiger partial charge >= 0.3 is 0 Å². The summed E-state index contributed by atoms with van der Waals surface area (Å²) in [5.41, 5.74) is 0.544. The normalized spacial score (nSPS) is 26.7. The third-order valence-electron chi connectivity index (χ3n) is 5.25. The van der Waals surface area contributed by atoms with Crippen molar-refractivity contribution in [3.63, 3.8) is 0 Å². The van der Waals surface area contributed by atoms with Crippen molar-refractivity contribution in [2.75, 3.05) is 38.7 Å². The Morgan fingerprint density at radius 3 is 2.96 bits per heavy atom. The molecule has 0 saturated carbocycles. The van der Waals surface area contributed by atoms with E-state index in [0.717, 1.165) is 57.9 Å². The van der Waals surface area contributed by atoms with Crippen molar-refractivity contribution in [2.24, 2.45) is 13.0 Å². The van der Waals surface area contributed by atoms with Gasteiger partial charge in [-0.1, -0.05) is 0 Å². The quantitative estimate of drug-likeness (QED) is 0.824. The van der Waals surface area contributed by atoms with Crippen molar-refractivity contribution in [2.45, 2.75) is 30.1 Å². The number of imidazole rings is 1. The number of ether oxygens (including phenoxy) is 2. The van der Waals surface area contributed by atoms with Gasteiger partial charge in [0.25, 0.3) is 5.91 Å². The molecule has 3 aliphatic heterocycles. The summed E-state index contributed by atoms with van der Waals surface area (Å²) in [5, 5.41) is 0. The van der Waals surface area contributed by atoms with Crippen LogP contribution in [0.3, 0.4) is 0 Å². The lowest BCUT2D eigenvalue weighted by Crippen LogP contribution is -2.60. The lowest BCUT2D eigenvalue weighted by atomic mass is 9.92. The summed E-state index contributed by atoms with van der Waals surface area (Å²) in [6, 6.07) is 0. The van der Waals surface area contributed by atoms with Crippen LogP contribution in [0.5, 0.6) is 0 Å². The second-order valence-electron chi connectivity index (χ2n) is 7.29. The van der Waals surface area contributed by atoms with Gasteiger partial charge in [0.1, 0.15) is 5.69 Å². The van der Waals surface area contributed by atoms with Crippen molar-refractivity contribution in [1.29, 1.82) is 0 Å². The van der Waals surface area contributed by atoms with Gasteiger partial charge in [0.15, 0.2) is 0 Å². The molecule has 0 radical (unpaired) electrons. The first-order valence-corrected chi connectivity index (χ1v) is 9.73. The molecule has 6 nitrogen and oxygen atoms in total. The smallest absolute Gasteiger partial charge is 0.274 e. The van der Waals surface area contributed by atoms with Crippen molar-refractivity contribution in [1.82, 2.24) is 14.5 Å². The molecule has 1 aromatic heterocycles. The molecule has 132 valence electrons. The van der Waals surface area contributed by atoms with E-state index >= 15 is 0 Å². The van der Waals surface area contributed by atoms with Crippen LogP contribution in [0, 0.1) is 5.92 Å². The highest BCUT2D eigenvalue weighted by Crippen LogP contribution is 2.46. The number of carbonyl (C=O) groups excluding carboxylic acids is 1. The number of likely N-dealkylation sites (tertiary alicyclic amines) is 1. The highest BCUT2D eigenvalue weighted by Gasteiger charge is 2.51. The molecule has 1 amide bonds. The first-order chi connectivity index (χ1) is 11.6. The van der Waals surface area contributed by atoms with E-state index in [2.05, 4.69) is 4.98 Å². The molecule has 4 rings (SSSR count). The number of hydrogen-bond donors (Lipinski definition) is 0. The number of aromatic nitrogens is 2. The van der Waals surface area contributed by atoms with Gasteiger partial charge in [0, 0.05) is 51.9 Å². The molecule has 1 aromatic rings. The van der Waals surface area contributed by atoms with E-state index in [1.165, 1.54) is 0 Å². The highest BCUT2D eigenvalue weighted by atomic mass is 32.2. The Bertz CT molecular complexity index is 594. The van der Waals surface area contributed by atoms with Gasteiger partial charge in [0.05, 0.1) is 17.2 Å². The molecule has 0 aliphatic carbocycles. The maximum absolute atomic E-state index is 12.4. The summed E-state index contributed by atoms with van der Waals surface area (Å²) in [5.74, 6) is 1.76. The second-order valence-corrected chi connectivity index (χ2v) is 8.78. The van der Waals surface area contributed by atoms with Crippen LogP contribution in [0.2, 0.25) is 0 Å². The fourth-order valence-corrected chi connectivity index (χ4v) is 5.34. The topological polar surface area (TPSA) is 56.6 Å². The summed E-state index contributed by atoms with van der Waals surface area (Å²) < 4.78 is 13.6. The van der Waals surface area contributed by atoms with Crippen LogP contribution < -0.4 is 0 Å². The summed E-state index contributed by atoms with van der Waals surface area (Å²) in [7, 11) is 1.88. The third kappa shape index (κ3) is 3.34. The van der Waals surface area contributed by atoms with Gasteiger partial charge in [-0.3, -0.25) is 4.79 Å². The number of aryl methyl sites for hydroxylation is 1. The number of nitrogens with zero attached hydrogens (tertiary/aromatic N) is 3. The Hall–Kier alpha value is -1.05. The second kappa shape index (κ2) is 6.69. The van der Waals surface area contributed by atoms with Gasteiger partial charge in [-0.2, -0.15) is 0 Å².